The fourth-order valence-corrected chi connectivity index (χ4v) is 3.34. The van der Waals surface area contributed by atoms with Crippen LogP contribution >= 0.6 is 23.2 Å². The summed E-state index contributed by atoms with van der Waals surface area (Å²) in [5, 5.41) is 3.30. The summed E-state index contributed by atoms with van der Waals surface area (Å²) in [6.07, 6.45) is 3.06. The molecule has 1 saturated heterocycles. The first-order valence-electron chi connectivity index (χ1n) is 9.11. The number of piperazine rings is 1. The van der Waals surface area contributed by atoms with Gasteiger partial charge in [-0.3, -0.25) is 14.5 Å². The maximum absolute atomic E-state index is 13.2. The van der Waals surface area contributed by atoms with Crippen molar-refractivity contribution in [2.75, 3.05) is 38.0 Å². The number of hydrogen-bond acceptors (Lipinski definition) is 3. The van der Waals surface area contributed by atoms with Crippen molar-refractivity contribution in [1.82, 2.24) is 9.80 Å². The Kier molecular flexibility index (Phi) is 7.25. The van der Waals surface area contributed by atoms with Gasteiger partial charge in [-0.15, -0.1) is 0 Å². The van der Waals surface area contributed by atoms with E-state index in [4.69, 9.17) is 23.2 Å². The Morgan fingerprint density at radius 2 is 1.76 bits per heavy atom. The van der Waals surface area contributed by atoms with Crippen LogP contribution in [0.4, 0.5) is 10.1 Å². The van der Waals surface area contributed by atoms with E-state index in [1.165, 1.54) is 18.2 Å². The van der Waals surface area contributed by atoms with Gasteiger partial charge < -0.3 is 10.2 Å². The van der Waals surface area contributed by atoms with Crippen molar-refractivity contribution >= 4 is 46.8 Å². The van der Waals surface area contributed by atoms with E-state index >= 15 is 0 Å². The molecule has 2 amide bonds. The number of hydrogen-bond donors (Lipinski definition) is 1. The highest BCUT2D eigenvalue weighted by atomic mass is 35.5. The largest absolute Gasteiger partial charge is 0.337 e. The summed E-state index contributed by atoms with van der Waals surface area (Å²) in [7, 11) is 0. The first kappa shape index (κ1) is 21.3. The zero-order valence-corrected chi connectivity index (χ0v) is 17.1. The maximum atomic E-state index is 13.2. The van der Waals surface area contributed by atoms with Gasteiger partial charge in [-0.25, -0.2) is 4.39 Å². The van der Waals surface area contributed by atoms with E-state index in [9.17, 15) is 14.0 Å². The Balaban J connectivity index is 1.46. The van der Waals surface area contributed by atoms with Crippen LogP contribution in [-0.2, 0) is 9.59 Å². The second-order valence-electron chi connectivity index (χ2n) is 6.64. The number of carbonyl (C=O) groups excluding carboxylic acids is 2. The quantitative estimate of drug-likeness (QED) is 0.723. The van der Waals surface area contributed by atoms with E-state index in [1.807, 2.05) is 4.90 Å². The Morgan fingerprint density at radius 1 is 1.03 bits per heavy atom. The van der Waals surface area contributed by atoms with Crippen molar-refractivity contribution in [3.63, 3.8) is 0 Å². The van der Waals surface area contributed by atoms with Crippen molar-refractivity contribution in [2.24, 2.45) is 0 Å². The molecular weight excluding hydrogens is 416 g/mol. The number of carbonyl (C=O) groups is 2. The molecule has 1 N–H and O–H groups in total. The highest BCUT2D eigenvalue weighted by Gasteiger charge is 2.21. The molecular formula is C21H20Cl2FN3O2. The minimum Gasteiger partial charge on any atom is -0.337 e. The summed E-state index contributed by atoms with van der Waals surface area (Å²) >= 11 is 11.8. The number of anilines is 1. The van der Waals surface area contributed by atoms with Gasteiger partial charge in [0.05, 0.1) is 22.3 Å². The van der Waals surface area contributed by atoms with Gasteiger partial charge in [0.15, 0.2) is 0 Å². The number of rotatable bonds is 5. The lowest BCUT2D eigenvalue weighted by Crippen LogP contribution is -2.50. The summed E-state index contributed by atoms with van der Waals surface area (Å²) in [5.41, 5.74) is 1.23. The number of halogens is 3. The van der Waals surface area contributed by atoms with Gasteiger partial charge in [0.1, 0.15) is 5.82 Å². The van der Waals surface area contributed by atoms with Gasteiger partial charge in [-0.1, -0.05) is 41.4 Å². The monoisotopic (exact) mass is 435 g/mol. The third-order valence-corrected chi connectivity index (χ3v) is 5.18. The molecule has 5 nitrogen and oxygen atoms in total. The molecule has 0 bridgehead atoms. The van der Waals surface area contributed by atoms with E-state index in [0.717, 1.165) is 0 Å². The van der Waals surface area contributed by atoms with E-state index < -0.39 is 5.82 Å². The molecule has 1 heterocycles. The average molecular weight is 436 g/mol. The van der Waals surface area contributed by atoms with Gasteiger partial charge in [-0.2, -0.15) is 0 Å². The van der Waals surface area contributed by atoms with Crippen molar-refractivity contribution in [2.45, 2.75) is 0 Å². The first-order valence-corrected chi connectivity index (χ1v) is 9.87. The van der Waals surface area contributed by atoms with E-state index in [0.29, 0.717) is 42.5 Å². The summed E-state index contributed by atoms with van der Waals surface area (Å²) in [6, 6.07) is 11.4. The molecule has 0 atom stereocenters. The maximum Gasteiger partial charge on any atom is 0.246 e. The predicted octanol–water partition coefficient (Wildman–Crippen LogP) is 3.93. The topological polar surface area (TPSA) is 52.7 Å². The zero-order chi connectivity index (χ0) is 20.8. The molecule has 1 fully saturated rings. The molecule has 152 valence electrons. The lowest BCUT2D eigenvalue weighted by Gasteiger charge is -2.33. The molecule has 0 aliphatic carbocycles. The third kappa shape index (κ3) is 6.03. The normalized spacial score (nSPS) is 14.9. The van der Waals surface area contributed by atoms with E-state index in [1.54, 1.807) is 41.3 Å². The van der Waals surface area contributed by atoms with E-state index in [-0.39, 0.29) is 23.4 Å². The second kappa shape index (κ2) is 9.87. The number of para-hydroxylation sites is 1. The van der Waals surface area contributed by atoms with Crippen molar-refractivity contribution in [3.8, 4) is 0 Å². The molecule has 0 saturated carbocycles. The van der Waals surface area contributed by atoms with Crippen LogP contribution in [0.25, 0.3) is 6.08 Å². The van der Waals surface area contributed by atoms with Crippen LogP contribution in [0.2, 0.25) is 10.0 Å². The number of benzene rings is 2. The van der Waals surface area contributed by atoms with Crippen LogP contribution in [0.3, 0.4) is 0 Å². The van der Waals surface area contributed by atoms with Crippen LogP contribution < -0.4 is 5.32 Å². The summed E-state index contributed by atoms with van der Waals surface area (Å²) in [6.45, 7) is 2.46. The molecule has 0 radical (unpaired) electrons. The Labute approximate surface area is 178 Å². The Hall–Kier alpha value is -2.41. The molecule has 8 heteroatoms. The SMILES string of the molecule is O=C(CN1CCN(C(=O)/C=C/c2ccc(F)c(Cl)c2)CC1)Nc1ccccc1Cl. The average Bonchev–Trinajstić information content (AvgIpc) is 2.71. The summed E-state index contributed by atoms with van der Waals surface area (Å²) in [4.78, 5) is 28.3. The Bertz CT molecular complexity index is 928. The highest BCUT2D eigenvalue weighted by Crippen LogP contribution is 2.20. The number of amides is 2. The minimum absolute atomic E-state index is 0.0169. The molecule has 2 aromatic rings. The molecule has 1 aliphatic heterocycles. The number of nitrogens with one attached hydrogen (secondary N) is 1. The van der Waals surface area contributed by atoms with Gasteiger partial charge in [0.2, 0.25) is 11.8 Å². The fraction of sp³-hybridized carbons (Fsp3) is 0.238. The molecule has 29 heavy (non-hydrogen) atoms. The predicted molar refractivity (Wildman–Crippen MR) is 114 cm³/mol. The second-order valence-corrected chi connectivity index (χ2v) is 7.45. The van der Waals surface area contributed by atoms with Crippen LogP contribution in [0.5, 0.6) is 0 Å². The zero-order valence-electron chi connectivity index (χ0n) is 15.6. The Morgan fingerprint density at radius 3 is 2.45 bits per heavy atom. The van der Waals surface area contributed by atoms with Crippen LogP contribution in [0.15, 0.2) is 48.5 Å². The van der Waals surface area contributed by atoms with Crippen molar-refractivity contribution < 1.29 is 14.0 Å². The lowest BCUT2D eigenvalue weighted by atomic mass is 10.2. The smallest absolute Gasteiger partial charge is 0.246 e. The summed E-state index contributed by atoms with van der Waals surface area (Å²) in [5.74, 6) is -0.776. The van der Waals surface area contributed by atoms with Gasteiger partial charge in [0.25, 0.3) is 0 Å². The van der Waals surface area contributed by atoms with Crippen LogP contribution in [0, 0.1) is 5.82 Å². The molecule has 0 aromatic heterocycles. The van der Waals surface area contributed by atoms with Crippen LogP contribution in [0.1, 0.15) is 5.56 Å². The minimum atomic E-state index is -0.496. The first-order chi connectivity index (χ1) is 13.9. The van der Waals surface area contributed by atoms with Crippen molar-refractivity contribution in [1.29, 1.82) is 0 Å². The number of nitrogens with zero attached hydrogens (tertiary/aromatic N) is 2. The standard InChI is InChI=1S/C21H20Cl2FN3O2/c22-16-3-1-2-4-19(16)25-20(28)14-26-9-11-27(12-10-26)21(29)8-6-15-5-7-18(24)17(23)13-15/h1-8,13H,9-12,14H2,(H,25,28)/b8-6+. The van der Waals surface area contributed by atoms with Gasteiger partial charge in [0, 0.05) is 32.3 Å². The van der Waals surface area contributed by atoms with Gasteiger partial charge in [-0.05, 0) is 35.9 Å². The molecule has 1 aliphatic rings. The van der Waals surface area contributed by atoms with E-state index in [2.05, 4.69) is 5.32 Å². The fourth-order valence-electron chi connectivity index (χ4n) is 2.97. The summed E-state index contributed by atoms with van der Waals surface area (Å²) < 4.78 is 13.2. The third-order valence-electron chi connectivity index (χ3n) is 4.56. The molecule has 3 rings (SSSR count). The molecule has 0 spiro atoms. The highest BCUT2D eigenvalue weighted by molar-refractivity contribution is 6.33. The lowest BCUT2D eigenvalue weighted by molar-refractivity contribution is -0.127. The van der Waals surface area contributed by atoms with Gasteiger partial charge >= 0.3 is 0 Å². The van der Waals surface area contributed by atoms with Crippen molar-refractivity contribution in [3.05, 3.63) is 70.0 Å². The molecule has 2 aromatic carbocycles. The molecule has 0 unspecified atom stereocenters. The van der Waals surface area contributed by atoms with Crippen LogP contribution in [-0.4, -0.2) is 54.3 Å².